The molecule has 1 aromatic rings. The maximum atomic E-state index is 12.4. The third-order valence-corrected chi connectivity index (χ3v) is 5.31. The summed E-state index contributed by atoms with van der Waals surface area (Å²) in [5.41, 5.74) is 6.36. The molecule has 0 saturated carbocycles. The first-order valence-corrected chi connectivity index (χ1v) is 9.21. The van der Waals surface area contributed by atoms with Crippen LogP contribution in [0.2, 0.25) is 0 Å². The van der Waals surface area contributed by atoms with Crippen LogP contribution in [0.3, 0.4) is 0 Å². The van der Waals surface area contributed by atoms with Crippen molar-refractivity contribution in [2.75, 3.05) is 32.2 Å². The highest BCUT2D eigenvalue weighted by Crippen LogP contribution is 2.24. The molecule has 0 aliphatic heterocycles. The molecule has 0 bridgehead atoms. The molecule has 0 saturated heterocycles. The van der Waals surface area contributed by atoms with E-state index in [0.29, 0.717) is 24.5 Å². The van der Waals surface area contributed by atoms with E-state index >= 15 is 0 Å². The summed E-state index contributed by atoms with van der Waals surface area (Å²) < 4.78 is 31.6. The number of benzene rings is 1. The van der Waals surface area contributed by atoms with Crippen LogP contribution in [-0.2, 0) is 16.6 Å². The summed E-state index contributed by atoms with van der Waals surface area (Å²) in [6.07, 6.45) is 1.95. The van der Waals surface area contributed by atoms with E-state index in [4.69, 9.17) is 10.5 Å². The minimum absolute atomic E-state index is 0.243. The van der Waals surface area contributed by atoms with Gasteiger partial charge >= 0.3 is 0 Å². The van der Waals surface area contributed by atoms with E-state index < -0.39 is 10.0 Å². The van der Waals surface area contributed by atoms with Crippen LogP contribution in [0.15, 0.2) is 23.1 Å². The van der Waals surface area contributed by atoms with E-state index in [2.05, 4.69) is 0 Å². The van der Waals surface area contributed by atoms with Gasteiger partial charge in [0, 0.05) is 31.5 Å². The lowest BCUT2D eigenvalue weighted by molar-refractivity contribution is 0.336. The van der Waals surface area contributed by atoms with Crippen molar-refractivity contribution < 1.29 is 13.2 Å². The number of thioether (sulfide) groups is 1. The summed E-state index contributed by atoms with van der Waals surface area (Å²) in [5.74, 6) is 1.40. The third kappa shape index (κ3) is 4.12. The number of ether oxygens (including phenoxy) is 1. The van der Waals surface area contributed by atoms with Crippen LogP contribution in [0.4, 0.5) is 0 Å². The Morgan fingerprint density at radius 3 is 2.65 bits per heavy atom. The van der Waals surface area contributed by atoms with E-state index in [-0.39, 0.29) is 11.4 Å². The van der Waals surface area contributed by atoms with Crippen molar-refractivity contribution in [3.63, 3.8) is 0 Å². The molecule has 0 aliphatic rings. The largest absolute Gasteiger partial charge is 0.494 e. The van der Waals surface area contributed by atoms with Crippen molar-refractivity contribution in [1.82, 2.24) is 4.31 Å². The lowest BCUT2D eigenvalue weighted by atomic mass is 10.2. The Morgan fingerprint density at radius 1 is 1.40 bits per heavy atom. The summed E-state index contributed by atoms with van der Waals surface area (Å²) in [5, 5.41) is 0. The molecule has 0 heterocycles. The Kier molecular flexibility index (Phi) is 6.81. The minimum Gasteiger partial charge on any atom is -0.494 e. The van der Waals surface area contributed by atoms with Crippen LogP contribution in [0.5, 0.6) is 5.75 Å². The third-order valence-electron chi connectivity index (χ3n) is 2.87. The average Bonchev–Trinajstić information content (AvgIpc) is 2.45. The molecule has 0 unspecified atom stereocenters. The predicted octanol–water partition coefficient (Wildman–Crippen LogP) is 1.53. The van der Waals surface area contributed by atoms with Crippen LogP contribution < -0.4 is 10.5 Å². The molecule has 0 fully saturated rings. The van der Waals surface area contributed by atoms with Gasteiger partial charge in [-0.05, 0) is 31.4 Å². The zero-order valence-electron chi connectivity index (χ0n) is 12.1. The van der Waals surface area contributed by atoms with Gasteiger partial charge in [0.2, 0.25) is 10.0 Å². The van der Waals surface area contributed by atoms with Crippen LogP contribution >= 0.6 is 11.8 Å². The number of rotatable bonds is 8. The fourth-order valence-corrected chi connectivity index (χ4v) is 3.49. The SMILES string of the molecule is CCOc1ccc(S(=O)(=O)N(C)CCSC)cc1CN. The molecule has 0 spiro atoms. The lowest BCUT2D eigenvalue weighted by Crippen LogP contribution is -2.29. The summed E-state index contributed by atoms with van der Waals surface area (Å²) >= 11 is 1.61. The fraction of sp³-hybridized carbons (Fsp3) is 0.538. The van der Waals surface area contributed by atoms with Gasteiger partial charge in [0.05, 0.1) is 11.5 Å². The Bertz CT molecular complexity index is 532. The monoisotopic (exact) mass is 318 g/mol. The molecule has 0 aromatic heterocycles. The van der Waals surface area contributed by atoms with Crippen LogP contribution in [0.25, 0.3) is 0 Å². The van der Waals surface area contributed by atoms with Crippen molar-refractivity contribution >= 4 is 21.8 Å². The summed E-state index contributed by atoms with van der Waals surface area (Å²) in [4.78, 5) is 0.255. The molecule has 1 aromatic carbocycles. The van der Waals surface area contributed by atoms with Gasteiger partial charge in [-0.25, -0.2) is 12.7 Å². The normalized spacial score (nSPS) is 11.8. The second-order valence-electron chi connectivity index (χ2n) is 4.23. The highest BCUT2D eigenvalue weighted by molar-refractivity contribution is 7.98. The molecule has 0 aliphatic carbocycles. The second kappa shape index (κ2) is 7.87. The molecule has 1 rings (SSSR count). The summed E-state index contributed by atoms with van der Waals surface area (Å²) in [6, 6.07) is 4.83. The number of nitrogens with zero attached hydrogens (tertiary/aromatic N) is 1. The number of hydrogen-bond donors (Lipinski definition) is 1. The van der Waals surface area contributed by atoms with Crippen molar-refractivity contribution in [1.29, 1.82) is 0 Å². The lowest BCUT2D eigenvalue weighted by Gasteiger charge is -2.18. The molecule has 5 nitrogen and oxygen atoms in total. The van der Waals surface area contributed by atoms with Crippen molar-refractivity contribution in [3.05, 3.63) is 23.8 Å². The Labute approximate surface area is 125 Å². The molecule has 0 radical (unpaired) electrons. The van der Waals surface area contributed by atoms with Crippen LogP contribution in [0.1, 0.15) is 12.5 Å². The van der Waals surface area contributed by atoms with Gasteiger partial charge < -0.3 is 10.5 Å². The van der Waals surface area contributed by atoms with Gasteiger partial charge in [0.15, 0.2) is 0 Å². The first-order chi connectivity index (χ1) is 9.47. The smallest absolute Gasteiger partial charge is 0.242 e. The van der Waals surface area contributed by atoms with Crippen molar-refractivity contribution in [3.8, 4) is 5.75 Å². The maximum Gasteiger partial charge on any atom is 0.242 e. The van der Waals surface area contributed by atoms with Gasteiger partial charge in [0.25, 0.3) is 0 Å². The highest BCUT2D eigenvalue weighted by atomic mass is 32.2. The van der Waals surface area contributed by atoms with Crippen LogP contribution in [-0.4, -0.2) is 44.9 Å². The Hall–Kier alpha value is -0.760. The Morgan fingerprint density at radius 2 is 2.10 bits per heavy atom. The fourth-order valence-electron chi connectivity index (χ4n) is 1.69. The molecule has 114 valence electrons. The number of hydrogen-bond acceptors (Lipinski definition) is 5. The van der Waals surface area contributed by atoms with Crippen molar-refractivity contribution in [2.45, 2.75) is 18.4 Å². The average molecular weight is 318 g/mol. The standard InChI is InChI=1S/C13H22N2O3S2/c1-4-18-13-6-5-12(9-11(13)10-14)20(16,17)15(2)7-8-19-3/h5-6,9H,4,7-8,10,14H2,1-3H3. The van der Waals surface area contributed by atoms with E-state index in [1.54, 1.807) is 37.0 Å². The number of nitrogens with two attached hydrogens (primary N) is 1. The second-order valence-corrected chi connectivity index (χ2v) is 7.26. The van der Waals surface area contributed by atoms with Crippen LogP contribution in [0, 0.1) is 0 Å². The summed E-state index contributed by atoms with van der Waals surface area (Å²) in [6.45, 7) is 3.12. The highest BCUT2D eigenvalue weighted by Gasteiger charge is 2.21. The first kappa shape index (κ1) is 17.3. The number of sulfonamides is 1. The van der Waals surface area contributed by atoms with Crippen molar-refractivity contribution in [2.24, 2.45) is 5.73 Å². The van der Waals surface area contributed by atoms with Gasteiger partial charge in [-0.15, -0.1) is 0 Å². The molecule has 0 amide bonds. The Balaban J connectivity index is 3.06. The molecular formula is C13H22N2O3S2. The van der Waals surface area contributed by atoms with Gasteiger partial charge in [-0.3, -0.25) is 0 Å². The zero-order chi connectivity index (χ0) is 15.2. The van der Waals surface area contributed by atoms with Gasteiger partial charge in [-0.1, -0.05) is 0 Å². The van der Waals surface area contributed by atoms with E-state index in [0.717, 1.165) is 5.75 Å². The topological polar surface area (TPSA) is 72.6 Å². The molecule has 0 atom stereocenters. The maximum absolute atomic E-state index is 12.4. The molecule has 2 N–H and O–H groups in total. The van der Waals surface area contributed by atoms with Gasteiger partial charge in [-0.2, -0.15) is 11.8 Å². The minimum atomic E-state index is -3.47. The van der Waals surface area contributed by atoms with E-state index in [1.807, 2.05) is 13.2 Å². The summed E-state index contributed by atoms with van der Waals surface area (Å²) in [7, 11) is -1.88. The predicted molar refractivity (Wildman–Crippen MR) is 83.7 cm³/mol. The first-order valence-electron chi connectivity index (χ1n) is 6.38. The van der Waals surface area contributed by atoms with E-state index in [9.17, 15) is 8.42 Å². The quantitative estimate of drug-likeness (QED) is 0.787. The molecular weight excluding hydrogens is 296 g/mol. The van der Waals surface area contributed by atoms with Gasteiger partial charge in [0.1, 0.15) is 5.75 Å². The zero-order valence-corrected chi connectivity index (χ0v) is 13.8. The van der Waals surface area contributed by atoms with E-state index in [1.165, 1.54) is 4.31 Å². The molecule has 7 heteroatoms. The molecule has 20 heavy (non-hydrogen) atoms.